The normalized spacial score (nSPS) is 22.3. The summed E-state index contributed by atoms with van der Waals surface area (Å²) in [5.41, 5.74) is 0.0483. The Morgan fingerprint density at radius 2 is 1.97 bits per heavy atom. The van der Waals surface area contributed by atoms with Crippen molar-refractivity contribution in [3.8, 4) is 0 Å². The molecule has 2 aliphatic rings. The average Bonchev–Trinajstić information content (AvgIpc) is 3.08. The van der Waals surface area contributed by atoms with Crippen LogP contribution in [0.15, 0.2) is 24.4 Å². The molecular weight excluding hydrogens is 368 g/mol. The third-order valence-corrected chi connectivity index (χ3v) is 5.83. The van der Waals surface area contributed by atoms with Crippen LogP contribution in [0.25, 0.3) is 0 Å². The van der Waals surface area contributed by atoms with E-state index >= 15 is 0 Å². The Bertz CT molecular complexity index is 709. The lowest BCUT2D eigenvalue weighted by atomic mass is 9.82. The van der Waals surface area contributed by atoms with Crippen LogP contribution in [-0.2, 0) is 16.0 Å². The summed E-state index contributed by atoms with van der Waals surface area (Å²) in [5.74, 6) is 0.0895. The molecular formula is C22H34N4O3. The third-order valence-electron chi connectivity index (χ3n) is 5.83. The van der Waals surface area contributed by atoms with Crippen LogP contribution >= 0.6 is 0 Å². The minimum absolute atomic E-state index is 0.0699. The van der Waals surface area contributed by atoms with Crippen LogP contribution in [-0.4, -0.2) is 70.6 Å². The van der Waals surface area contributed by atoms with Crippen LogP contribution in [0.2, 0.25) is 0 Å². The fourth-order valence-electron chi connectivity index (χ4n) is 4.23. The van der Waals surface area contributed by atoms with Gasteiger partial charge < -0.3 is 15.0 Å². The second-order valence-electron chi connectivity index (χ2n) is 9.37. The van der Waals surface area contributed by atoms with Gasteiger partial charge in [-0.05, 0) is 72.2 Å². The lowest BCUT2D eigenvalue weighted by Gasteiger charge is -2.43. The van der Waals surface area contributed by atoms with E-state index in [9.17, 15) is 9.59 Å². The minimum atomic E-state index is -0.513. The maximum Gasteiger partial charge on any atom is 0.410 e. The van der Waals surface area contributed by atoms with Gasteiger partial charge in [-0.25, -0.2) is 4.79 Å². The van der Waals surface area contributed by atoms with Gasteiger partial charge in [-0.15, -0.1) is 0 Å². The molecule has 7 nitrogen and oxygen atoms in total. The van der Waals surface area contributed by atoms with E-state index in [0.29, 0.717) is 32.4 Å². The molecule has 29 heavy (non-hydrogen) atoms. The molecule has 1 N–H and O–H groups in total. The van der Waals surface area contributed by atoms with Crippen molar-refractivity contribution in [2.45, 2.75) is 70.1 Å². The molecule has 0 aliphatic carbocycles. The van der Waals surface area contributed by atoms with Crippen LogP contribution < -0.4 is 5.32 Å². The number of likely N-dealkylation sites (N-methyl/N-ethyl adjacent to an activating group) is 1. The molecule has 1 aromatic rings. The standard InChI is InChI=1S/C22H34N4O3/c1-21(2,3)29-20(28)26-14-10-22(11-15-26,16-17-8-5-6-12-23-17)24-19(27)18-9-7-13-25(18)4/h5-6,8,12,18H,7,9-11,13-16H2,1-4H3,(H,24,27). The van der Waals surface area contributed by atoms with Crippen molar-refractivity contribution in [3.05, 3.63) is 30.1 Å². The van der Waals surface area contributed by atoms with Crippen LogP contribution in [0.4, 0.5) is 4.79 Å². The van der Waals surface area contributed by atoms with Crippen LogP contribution in [0.1, 0.15) is 52.1 Å². The third kappa shape index (κ3) is 5.69. The molecule has 0 aromatic carbocycles. The summed E-state index contributed by atoms with van der Waals surface area (Å²) in [4.78, 5) is 33.8. The average molecular weight is 403 g/mol. The molecule has 1 atom stereocenters. The molecule has 0 saturated carbocycles. The van der Waals surface area contributed by atoms with E-state index in [1.165, 1.54) is 0 Å². The van der Waals surface area contributed by atoms with Crippen molar-refractivity contribution in [1.29, 1.82) is 0 Å². The summed E-state index contributed by atoms with van der Waals surface area (Å²) in [7, 11) is 2.01. The molecule has 7 heteroatoms. The number of rotatable bonds is 4. The Balaban J connectivity index is 1.71. The minimum Gasteiger partial charge on any atom is -0.444 e. The van der Waals surface area contributed by atoms with Gasteiger partial charge in [0.1, 0.15) is 5.60 Å². The zero-order valence-corrected chi connectivity index (χ0v) is 18.1. The molecule has 3 rings (SSSR count). The molecule has 0 bridgehead atoms. The molecule has 0 radical (unpaired) electrons. The second-order valence-corrected chi connectivity index (χ2v) is 9.37. The van der Waals surface area contributed by atoms with Gasteiger partial charge in [0.15, 0.2) is 0 Å². The largest absolute Gasteiger partial charge is 0.444 e. The van der Waals surface area contributed by atoms with E-state index < -0.39 is 11.1 Å². The number of pyridine rings is 1. The van der Waals surface area contributed by atoms with Gasteiger partial charge in [0.05, 0.1) is 6.04 Å². The molecule has 3 heterocycles. The highest BCUT2D eigenvalue weighted by Crippen LogP contribution is 2.28. The topological polar surface area (TPSA) is 74.8 Å². The number of carbonyl (C=O) groups excluding carboxylic acids is 2. The molecule has 1 unspecified atom stereocenters. The van der Waals surface area contributed by atoms with Crippen molar-refractivity contribution < 1.29 is 14.3 Å². The first kappa shape index (κ1) is 21.6. The maximum atomic E-state index is 13.0. The highest BCUT2D eigenvalue weighted by Gasteiger charge is 2.41. The van der Waals surface area contributed by atoms with Gasteiger partial charge in [-0.3, -0.25) is 14.7 Å². The predicted octanol–water partition coefficient (Wildman–Crippen LogP) is 2.60. The number of amides is 2. The number of aromatic nitrogens is 1. The zero-order valence-electron chi connectivity index (χ0n) is 18.1. The van der Waals surface area contributed by atoms with E-state index in [1.54, 1.807) is 11.1 Å². The van der Waals surface area contributed by atoms with Crippen LogP contribution in [0, 0.1) is 0 Å². The molecule has 160 valence electrons. The lowest BCUT2D eigenvalue weighted by Crippen LogP contribution is -2.60. The van der Waals surface area contributed by atoms with Gasteiger partial charge >= 0.3 is 6.09 Å². The Morgan fingerprint density at radius 1 is 1.24 bits per heavy atom. The quantitative estimate of drug-likeness (QED) is 0.838. The molecule has 1 aromatic heterocycles. The van der Waals surface area contributed by atoms with Crippen molar-refractivity contribution in [2.24, 2.45) is 0 Å². The predicted molar refractivity (Wildman–Crippen MR) is 112 cm³/mol. The Kier molecular flexibility index (Phi) is 6.46. The molecule has 2 saturated heterocycles. The van der Waals surface area contributed by atoms with Gasteiger partial charge in [0, 0.05) is 36.9 Å². The van der Waals surface area contributed by atoms with Gasteiger partial charge in [-0.2, -0.15) is 0 Å². The van der Waals surface area contributed by atoms with Gasteiger partial charge in [-0.1, -0.05) is 6.07 Å². The number of likely N-dealkylation sites (tertiary alicyclic amines) is 2. The lowest BCUT2D eigenvalue weighted by molar-refractivity contribution is -0.127. The van der Waals surface area contributed by atoms with E-state index in [0.717, 1.165) is 25.1 Å². The van der Waals surface area contributed by atoms with Crippen molar-refractivity contribution in [1.82, 2.24) is 20.1 Å². The molecule has 2 fully saturated rings. The summed E-state index contributed by atoms with van der Waals surface area (Å²) in [6, 6.07) is 5.79. The number of carbonyl (C=O) groups is 2. The van der Waals surface area contributed by atoms with E-state index in [-0.39, 0.29) is 18.0 Å². The van der Waals surface area contributed by atoms with E-state index in [1.807, 2.05) is 46.0 Å². The van der Waals surface area contributed by atoms with Gasteiger partial charge in [0.2, 0.25) is 5.91 Å². The fourth-order valence-corrected chi connectivity index (χ4v) is 4.23. The number of nitrogens with one attached hydrogen (secondary N) is 1. The van der Waals surface area contributed by atoms with E-state index in [2.05, 4.69) is 15.2 Å². The number of nitrogens with zero attached hydrogens (tertiary/aromatic N) is 3. The first-order valence-electron chi connectivity index (χ1n) is 10.6. The summed E-state index contributed by atoms with van der Waals surface area (Å²) < 4.78 is 5.52. The maximum absolute atomic E-state index is 13.0. The van der Waals surface area contributed by atoms with E-state index in [4.69, 9.17) is 4.74 Å². The second kappa shape index (κ2) is 8.69. The molecule has 2 aliphatic heterocycles. The first-order chi connectivity index (χ1) is 13.7. The van der Waals surface area contributed by atoms with Crippen molar-refractivity contribution in [2.75, 3.05) is 26.7 Å². The highest BCUT2D eigenvalue weighted by atomic mass is 16.6. The monoisotopic (exact) mass is 402 g/mol. The zero-order chi connectivity index (χ0) is 21.1. The summed E-state index contributed by atoms with van der Waals surface area (Å²) in [6.45, 7) is 7.69. The Morgan fingerprint density at radius 3 is 2.52 bits per heavy atom. The number of hydrogen-bond donors (Lipinski definition) is 1. The van der Waals surface area contributed by atoms with Crippen molar-refractivity contribution in [3.63, 3.8) is 0 Å². The summed E-state index contributed by atoms with van der Waals surface area (Å²) in [5, 5.41) is 3.36. The van der Waals surface area contributed by atoms with Crippen molar-refractivity contribution >= 4 is 12.0 Å². The van der Waals surface area contributed by atoms with Gasteiger partial charge in [0.25, 0.3) is 0 Å². The fraction of sp³-hybridized carbons (Fsp3) is 0.682. The molecule has 0 spiro atoms. The van der Waals surface area contributed by atoms with Crippen LogP contribution in [0.5, 0.6) is 0 Å². The smallest absolute Gasteiger partial charge is 0.410 e. The number of hydrogen-bond acceptors (Lipinski definition) is 5. The van der Waals surface area contributed by atoms with Crippen LogP contribution in [0.3, 0.4) is 0 Å². The molecule has 2 amide bonds. The SMILES string of the molecule is CN1CCCC1C(=O)NC1(Cc2ccccn2)CCN(C(=O)OC(C)(C)C)CC1. The summed E-state index contributed by atoms with van der Waals surface area (Å²) >= 11 is 0. The summed E-state index contributed by atoms with van der Waals surface area (Å²) in [6.07, 6.45) is 5.48. The highest BCUT2D eigenvalue weighted by molar-refractivity contribution is 5.83. The Hall–Kier alpha value is -2.15. The Labute approximate surface area is 173 Å². The number of piperidine rings is 1. The first-order valence-corrected chi connectivity index (χ1v) is 10.6. The number of ether oxygens (including phenoxy) is 1.